The second-order valence-corrected chi connectivity index (χ2v) is 5.44. The van der Waals surface area contributed by atoms with Gasteiger partial charge in [-0.25, -0.2) is 4.39 Å². The van der Waals surface area contributed by atoms with Crippen LogP contribution in [0.15, 0.2) is 18.2 Å². The summed E-state index contributed by atoms with van der Waals surface area (Å²) in [7, 11) is 0. The van der Waals surface area contributed by atoms with Crippen molar-refractivity contribution in [3.05, 3.63) is 34.6 Å². The van der Waals surface area contributed by atoms with E-state index in [9.17, 15) is 9.18 Å². The van der Waals surface area contributed by atoms with Gasteiger partial charge in [-0.15, -0.1) is 0 Å². The molecule has 1 aromatic rings. The van der Waals surface area contributed by atoms with Gasteiger partial charge in [-0.3, -0.25) is 9.69 Å². The molecule has 0 aromatic heterocycles. The molecule has 19 heavy (non-hydrogen) atoms. The van der Waals surface area contributed by atoms with Gasteiger partial charge in [0, 0.05) is 19.1 Å². The SMILES string of the molecule is CC(c1ccc(F)c(Cl)c1)N1CCC(N)(C(=O)O)C1. The van der Waals surface area contributed by atoms with Gasteiger partial charge < -0.3 is 10.8 Å². The van der Waals surface area contributed by atoms with Crippen LogP contribution < -0.4 is 5.73 Å². The van der Waals surface area contributed by atoms with Crippen LogP contribution in [0.4, 0.5) is 4.39 Å². The minimum Gasteiger partial charge on any atom is -0.480 e. The zero-order valence-corrected chi connectivity index (χ0v) is 11.3. The number of nitrogens with two attached hydrogens (primary N) is 1. The standard InChI is InChI=1S/C13H16ClFN2O2/c1-8(9-2-3-11(15)10(14)6-9)17-5-4-13(16,7-17)12(18)19/h2-3,6,8H,4-5,7,16H2,1H3,(H,18,19). The molecule has 3 N–H and O–H groups in total. The molecule has 6 heteroatoms. The molecule has 1 aromatic carbocycles. The zero-order valence-electron chi connectivity index (χ0n) is 10.6. The first-order valence-corrected chi connectivity index (χ1v) is 6.42. The third kappa shape index (κ3) is 2.73. The van der Waals surface area contributed by atoms with Crippen LogP contribution in [0.2, 0.25) is 5.02 Å². The van der Waals surface area contributed by atoms with Crippen LogP contribution in [0.25, 0.3) is 0 Å². The largest absolute Gasteiger partial charge is 0.480 e. The molecule has 0 aliphatic carbocycles. The van der Waals surface area contributed by atoms with Crippen molar-refractivity contribution in [2.45, 2.75) is 24.9 Å². The van der Waals surface area contributed by atoms with E-state index in [2.05, 4.69) is 0 Å². The Balaban J connectivity index is 2.15. The van der Waals surface area contributed by atoms with E-state index in [-0.39, 0.29) is 17.6 Å². The monoisotopic (exact) mass is 286 g/mol. The molecule has 1 aliphatic rings. The quantitative estimate of drug-likeness (QED) is 0.892. The molecule has 1 aliphatic heterocycles. The number of hydrogen-bond donors (Lipinski definition) is 2. The Labute approximate surface area is 116 Å². The van der Waals surface area contributed by atoms with E-state index in [4.69, 9.17) is 22.4 Å². The van der Waals surface area contributed by atoms with Gasteiger partial charge in [0.15, 0.2) is 0 Å². The second kappa shape index (κ2) is 5.07. The first-order valence-electron chi connectivity index (χ1n) is 6.05. The van der Waals surface area contributed by atoms with Crippen molar-refractivity contribution in [1.29, 1.82) is 0 Å². The Hall–Kier alpha value is -1.17. The van der Waals surface area contributed by atoms with Crippen LogP contribution in [0.3, 0.4) is 0 Å². The Morgan fingerprint density at radius 1 is 1.63 bits per heavy atom. The lowest BCUT2D eigenvalue weighted by atomic mass is 10.0. The maximum Gasteiger partial charge on any atom is 0.325 e. The van der Waals surface area contributed by atoms with Crippen LogP contribution >= 0.6 is 11.6 Å². The molecule has 2 unspecified atom stereocenters. The minimum atomic E-state index is -1.20. The van der Waals surface area contributed by atoms with E-state index in [1.54, 1.807) is 12.1 Å². The molecule has 0 spiro atoms. The summed E-state index contributed by atoms with van der Waals surface area (Å²) in [6, 6.07) is 4.49. The lowest BCUT2D eigenvalue weighted by Gasteiger charge is -2.26. The van der Waals surface area contributed by atoms with Gasteiger partial charge in [0.2, 0.25) is 0 Å². The molecule has 1 fully saturated rings. The Morgan fingerprint density at radius 2 is 2.32 bits per heavy atom. The van der Waals surface area contributed by atoms with Crippen LogP contribution in [-0.2, 0) is 4.79 Å². The molecule has 0 radical (unpaired) electrons. The van der Waals surface area contributed by atoms with E-state index in [0.29, 0.717) is 13.0 Å². The third-order valence-corrected chi connectivity index (χ3v) is 4.02. The van der Waals surface area contributed by atoms with Gasteiger partial charge >= 0.3 is 5.97 Å². The van der Waals surface area contributed by atoms with Gasteiger partial charge in [-0.1, -0.05) is 17.7 Å². The average Bonchev–Trinajstić information content (AvgIpc) is 2.76. The molecule has 2 rings (SSSR count). The molecule has 0 bridgehead atoms. The normalized spacial score (nSPS) is 25.5. The highest BCUT2D eigenvalue weighted by Crippen LogP contribution is 2.30. The first-order chi connectivity index (χ1) is 8.83. The highest BCUT2D eigenvalue weighted by Gasteiger charge is 2.42. The summed E-state index contributed by atoms with van der Waals surface area (Å²) >= 11 is 5.76. The number of nitrogens with zero attached hydrogens (tertiary/aromatic N) is 1. The topological polar surface area (TPSA) is 66.6 Å². The van der Waals surface area contributed by atoms with E-state index < -0.39 is 17.3 Å². The number of carboxylic acid groups (broad SMARTS) is 1. The zero-order chi connectivity index (χ0) is 14.2. The van der Waals surface area contributed by atoms with Crippen LogP contribution in [0, 0.1) is 5.82 Å². The summed E-state index contributed by atoms with van der Waals surface area (Å²) in [6.07, 6.45) is 0.404. The number of hydrogen-bond acceptors (Lipinski definition) is 3. The highest BCUT2D eigenvalue weighted by molar-refractivity contribution is 6.30. The number of halogens is 2. The Kier molecular flexibility index (Phi) is 3.80. The summed E-state index contributed by atoms with van der Waals surface area (Å²) < 4.78 is 13.1. The number of carbonyl (C=O) groups is 1. The number of likely N-dealkylation sites (tertiary alicyclic amines) is 1. The highest BCUT2D eigenvalue weighted by atomic mass is 35.5. The summed E-state index contributed by atoms with van der Waals surface area (Å²) in [5.41, 5.74) is 5.49. The van der Waals surface area contributed by atoms with Crippen molar-refractivity contribution in [2.75, 3.05) is 13.1 Å². The van der Waals surface area contributed by atoms with E-state index in [0.717, 1.165) is 5.56 Å². The van der Waals surface area contributed by atoms with Gasteiger partial charge in [-0.05, 0) is 31.0 Å². The maximum atomic E-state index is 13.1. The second-order valence-electron chi connectivity index (χ2n) is 5.03. The molecule has 0 saturated carbocycles. The smallest absolute Gasteiger partial charge is 0.325 e. The molecular formula is C13H16ClFN2O2. The summed E-state index contributed by atoms with van der Waals surface area (Å²) in [4.78, 5) is 13.1. The van der Waals surface area contributed by atoms with Crippen molar-refractivity contribution in [3.8, 4) is 0 Å². The summed E-state index contributed by atoms with van der Waals surface area (Å²) in [6.45, 7) is 2.80. The number of rotatable bonds is 3. The van der Waals surface area contributed by atoms with Crippen LogP contribution in [0.5, 0.6) is 0 Å². The average molecular weight is 287 g/mol. The van der Waals surface area contributed by atoms with Gasteiger partial charge in [0.25, 0.3) is 0 Å². The van der Waals surface area contributed by atoms with Crippen LogP contribution in [-0.4, -0.2) is 34.6 Å². The molecule has 1 heterocycles. The molecule has 1 saturated heterocycles. The fourth-order valence-corrected chi connectivity index (χ4v) is 2.54. The number of benzene rings is 1. The number of carboxylic acids is 1. The summed E-state index contributed by atoms with van der Waals surface area (Å²) in [5.74, 6) is -1.45. The Morgan fingerprint density at radius 3 is 2.84 bits per heavy atom. The first kappa shape index (κ1) is 14.2. The van der Waals surface area contributed by atoms with E-state index in [1.807, 2.05) is 11.8 Å². The summed E-state index contributed by atoms with van der Waals surface area (Å²) in [5, 5.41) is 9.17. The van der Waals surface area contributed by atoms with Gasteiger partial charge in [0.05, 0.1) is 5.02 Å². The third-order valence-electron chi connectivity index (χ3n) is 3.73. The van der Waals surface area contributed by atoms with E-state index in [1.165, 1.54) is 6.07 Å². The fourth-order valence-electron chi connectivity index (χ4n) is 2.35. The van der Waals surface area contributed by atoms with Crippen molar-refractivity contribution < 1.29 is 14.3 Å². The number of aliphatic carboxylic acids is 1. The van der Waals surface area contributed by atoms with Gasteiger partial charge in [0.1, 0.15) is 11.4 Å². The van der Waals surface area contributed by atoms with Gasteiger partial charge in [-0.2, -0.15) is 0 Å². The lowest BCUT2D eigenvalue weighted by Crippen LogP contribution is -2.50. The molecule has 2 atom stereocenters. The predicted molar refractivity (Wildman–Crippen MR) is 70.6 cm³/mol. The Bertz CT molecular complexity index is 511. The molecular weight excluding hydrogens is 271 g/mol. The molecule has 0 amide bonds. The maximum absolute atomic E-state index is 13.1. The predicted octanol–water partition coefficient (Wildman–Crippen LogP) is 2.03. The van der Waals surface area contributed by atoms with E-state index >= 15 is 0 Å². The van der Waals surface area contributed by atoms with Crippen LogP contribution in [0.1, 0.15) is 24.9 Å². The fraction of sp³-hybridized carbons (Fsp3) is 0.462. The lowest BCUT2D eigenvalue weighted by molar-refractivity contribution is -0.142. The molecule has 4 nitrogen and oxygen atoms in total. The van der Waals surface area contributed by atoms with Crippen molar-refractivity contribution in [3.63, 3.8) is 0 Å². The minimum absolute atomic E-state index is 0.0529. The molecule has 104 valence electrons. The van der Waals surface area contributed by atoms with Crippen molar-refractivity contribution >= 4 is 17.6 Å². The van der Waals surface area contributed by atoms with Crippen molar-refractivity contribution in [1.82, 2.24) is 4.90 Å². The van der Waals surface area contributed by atoms with Crippen molar-refractivity contribution in [2.24, 2.45) is 5.73 Å².